The number of nitrogens with one attached hydrogen (secondary N) is 1. The van der Waals surface area contributed by atoms with Crippen molar-refractivity contribution in [2.75, 3.05) is 19.6 Å². The number of carbonyl (C=O) groups excluding carboxylic acids is 1. The standard InChI is InChI=1S/C13H22N2O3/c1-2-4-13(5-6-13)9-14-12(18)15-7-3-10(8-15)11(16)17/h10H,2-9H2,1H3,(H,14,18)(H,16,17). The monoisotopic (exact) mass is 254 g/mol. The van der Waals surface area contributed by atoms with Crippen LogP contribution in [0.5, 0.6) is 0 Å². The molecular weight excluding hydrogens is 232 g/mol. The SMILES string of the molecule is CCCC1(CNC(=O)N2CCC(C(=O)O)C2)CC1. The second kappa shape index (κ2) is 5.16. The average molecular weight is 254 g/mol. The molecule has 0 bridgehead atoms. The van der Waals surface area contributed by atoms with E-state index >= 15 is 0 Å². The van der Waals surface area contributed by atoms with Crippen LogP contribution in [-0.2, 0) is 4.79 Å². The van der Waals surface area contributed by atoms with Gasteiger partial charge in [-0.2, -0.15) is 0 Å². The molecule has 2 aliphatic rings. The smallest absolute Gasteiger partial charge is 0.317 e. The van der Waals surface area contributed by atoms with Gasteiger partial charge in [0, 0.05) is 19.6 Å². The van der Waals surface area contributed by atoms with Gasteiger partial charge in [-0.1, -0.05) is 13.3 Å². The highest BCUT2D eigenvalue weighted by Gasteiger charge is 2.42. The molecule has 2 amide bonds. The van der Waals surface area contributed by atoms with Gasteiger partial charge in [0.1, 0.15) is 0 Å². The van der Waals surface area contributed by atoms with Crippen LogP contribution in [-0.4, -0.2) is 41.6 Å². The zero-order chi connectivity index (χ0) is 13.2. The first kappa shape index (κ1) is 13.2. The van der Waals surface area contributed by atoms with Gasteiger partial charge in [0.05, 0.1) is 5.92 Å². The first-order valence-electron chi connectivity index (χ1n) is 6.82. The third-order valence-electron chi connectivity index (χ3n) is 4.18. The van der Waals surface area contributed by atoms with Crippen LogP contribution in [0.4, 0.5) is 4.79 Å². The van der Waals surface area contributed by atoms with Crippen LogP contribution in [0.3, 0.4) is 0 Å². The van der Waals surface area contributed by atoms with E-state index in [4.69, 9.17) is 5.11 Å². The van der Waals surface area contributed by atoms with Gasteiger partial charge in [-0.25, -0.2) is 4.79 Å². The lowest BCUT2D eigenvalue weighted by atomic mass is 10.0. The van der Waals surface area contributed by atoms with Gasteiger partial charge in [-0.15, -0.1) is 0 Å². The summed E-state index contributed by atoms with van der Waals surface area (Å²) >= 11 is 0. The summed E-state index contributed by atoms with van der Waals surface area (Å²) in [4.78, 5) is 24.4. The molecule has 5 heteroatoms. The number of urea groups is 1. The minimum absolute atomic E-state index is 0.0962. The molecule has 0 spiro atoms. The number of amides is 2. The van der Waals surface area contributed by atoms with Gasteiger partial charge in [0.2, 0.25) is 0 Å². The first-order chi connectivity index (χ1) is 8.56. The average Bonchev–Trinajstić information content (AvgIpc) is 2.92. The molecule has 1 aliphatic heterocycles. The van der Waals surface area contributed by atoms with Crippen molar-refractivity contribution >= 4 is 12.0 Å². The summed E-state index contributed by atoms with van der Waals surface area (Å²) in [7, 11) is 0. The van der Waals surface area contributed by atoms with E-state index in [1.807, 2.05) is 0 Å². The van der Waals surface area contributed by atoms with Gasteiger partial charge < -0.3 is 15.3 Å². The van der Waals surface area contributed by atoms with Crippen molar-refractivity contribution in [1.82, 2.24) is 10.2 Å². The zero-order valence-corrected chi connectivity index (χ0v) is 10.9. The van der Waals surface area contributed by atoms with Crippen molar-refractivity contribution in [2.45, 2.75) is 39.0 Å². The van der Waals surface area contributed by atoms with Crippen molar-refractivity contribution in [2.24, 2.45) is 11.3 Å². The molecule has 0 aromatic carbocycles. The molecule has 1 atom stereocenters. The molecule has 0 aromatic rings. The Kier molecular flexibility index (Phi) is 3.78. The molecule has 18 heavy (non-hydrogen) atoms. The van der Waals surface area contributed by atoms with E-state index in [2.05, 4.69) is 12.2 Å². The molecule has 0 aromatic heterocycles. The highest BCUT2D eigenvalue weighted by Crippen LogP contribution is 2.48. The van der Waals surface area contributed by atoms with Gasteiger partial charge in [-0.05, 0) is 31.1 Å². The first-order valence-corrected chi connectivity index (χ1v) is 6.82. The van der Waals surface area contributed by atoms with E-state index in [0.717, 1.165) is 13.0 Å². The van der Waals surface area contributed by atoms with E-state index in [0.29, 0.717) is 24.9 Å². The number of carboxylic acids is 1. The van der Waals surface area contributed by atoms with Gasteiger partial charge in [0.15, 0.2) is 0 Å². The summed E-state index contributed by atoms with van der Waals surface area (Å²) in [6.45, 7) is 3.82. The summed E-state index contributed by atoms with van der Waals surface area (Å²) in [5.41, 5.74) is 0.344. The van der Waals surface area contributed by atoms with Crippen LogP contribution in [0, 0.1) is 11.3 Å². The van der Waals surface area contributed by atoms with Crippen molar-refractivity contribution in [3.63, 3.8) is 0 Å². The number of nitrogens with zero attached hydrogens (tertiary/aromatic N) is 1. The topological polar surface area (TPSA) is 69.6 Å². The van der Waals surface area contributed by atoms with Crippen molar-refractivity contribution in [1.29, 1.82) is 0 Å². The zero-order valence-electron chi connectivity index (χ0n) is 10.9. The lowest BCUT2D eigenvalue weighted by molar-refractivity contribution is -0.141. The third kappa shape index (κ3) is 2.94. The largest absolute Gasteiger partial charge is 0.481 e. The third-order valence-corrected chi connectivity index (χ3v) is 4.18. The highest BCUT2D eigenvalue weighted by atomic mass is 16.4. The van der Waals surface area contributed by atoms with Gasteiger partial charge in [0.25, 0.3) is 0 Å². The Morgan fingerprint density at radius 3 is 2.67 bits per heavy atom. The van der Waals surface area contributed by atoms with Crippen molar-refractivity contribution < 1.29 is 14.7 Å². The summed E-state index contributed by atoms with van der Waals surface area (Å²) < 4.78 is 0. The maximum atomic E-state index is 11.9. The molecule has 0 radical (unpaired) electrons. The number of hydrogen-bond donors (Lipinski definition) is 2. The van der Waals surface area contributed by atoms with Gasteiger partial charge in [-0.3, -0.25) is 4.79 Å². The van der Waals surface area contributed by atoms with Crippen LogP contribution >= 0.6 is 0 Å². The second-order valence-electron chi connectivity index (χ2n) is 5.68. The lowest BCUT2D eigenvalue weighted by Crippen LogP contribution is -2.41. The number of carboxylic acid groups (broad SMARTS) is 1. The molecule has 1 heterocycles. The molecule has 2 rings (SSSR count). The summed E-state index contributed by atoms with van der Waals surface area (Å²) in [6.07, 6.45) is 5.31. The van der Waals surface area contributed by atoms with E-state index in [-0.39, 0.29) is 11.9 Å². The predicted molar refractivity (Wildman–Crippen MR) is 67.3 cm³/mol. The van der Waals surface area contributed by atoms with Crippen LogP contribution in [0.1, 0.15) is 39.0 Å². The second-order valence-corrected chi connectivity index (χ2v) is 5.68. The molecule has 2 N–H and O–H groups in total. The Morgan fingerprint density at radius 2 is 2.17 bits per heavy atom. The van der Waals surface area contributed by atoms with E-state index in [9.17, 15) is 9.59 Å². The normalized spacial score (nSPS) is 24.9. The molecular formula is C13H22N2O3. The van der Waals surface area contributed by atoms with Gasteiger partial charge >= 0.3 is 12.0 Å². The van der Waals surface area contributed by atoms with Crippen LogP contribution in [0.2, 0.25) is 0 Å². The quantitative estimate of drug-likeness (QED) is 0.784. The van der Waals surface area contributed by atoms with E-state index in [1.54, 1.807) is 4.90 Å². The van der Waals surface area contributed by atoms with Crippen LogP contribution in [0.15, 0.2) is 0 Å². The molecule has 5 nitrogen and oxygen atoms in total. The molecule has 1 saturated carbocycles. The maximum Gasteiger partial charge on any atom is 0.317 e. The molecule has 2 fully saturated rings. The maximum absolute atomic E-state index is 11.9. The molecule has 102 valence electrons. The Balaban J connectivity index is 1.74. The Bertz CT molecular complexity index is 339. The molecule has 1 saturated heterocycles. The van der Waals surface area contributed by atoms with E-state index in [1.165, 1.54) is 19.3 Å². The van der Waals surface area contributed by atoms with Crippen LogP contribution in [0.25, 0.3) is 0 Å². The van der Waals surface area contributed by atoms with Crippen LogP contribution < -0.4 is 5.32 Å². The molecule has 1 unspecified atom stereocenters. The lowest BCUT2D eigenvalue weighted by Gasteiger charge is -2.20. The highest BCUT2D eigenvalue weighted by molar-refractivity contribution is 5.77. The number of carbonyl (C=O) groups is 2. The fourth-order valence-electron chi connectivity index (χ4n) is 2.74. The Morgan fingerprint density at radius 1 is 1.44 bits per heavy atom. The number of likely N-dealkylation sites (tertiary alicyclic amines) is 1. The van der Waals surface area contributed by atoms with Crippen molar-refractivity contribution in [3.05, 3.63) is 0 Å². The summed E-state index contributed by atoms with van der Waals surface area (Å²) in [5, 5.41) is 11.9. The Labute approximate surface area is 108 Å². The molecule has 1 aliphatic carbocycles. The minimum Gasteiger partial charge on any atom is -0.481 e. The number of aliphatic carboxylic acids is 1. The fourth-order valence-corrected chi connectivity index (χ4v) is 2.74. The fraction of sp³-hybridized carbons (Fsp3) is 0.846. The van der Waals surface area contributed by atoms with Crippen molar-refractivity contribution in [3.8, 4) is 0 Å². The Hall–Kier alpha value is -1.26. The summed E-state index contributed by atoms with van der Waals surface area (Å²) in [5.74, 6) is -1.18. The van der Waals surface area contributed by atoms with E-state index < -0.39 is 5.97 Å². The number of rotatable bonds is 5. The number of hydrogen-bond acceptors (Lipinski definition) is 2. The predicted octanol–water partition coefficient (Wildman–Crippen LogP) is 1.68. The summed E-state index contributed by atoms with van der Waals surface area (Å²) in [6, 6.07) is -0.0962. The minimum atomic E-state index is -0.796.